The Balaban J connectivity index is 1.34. The Morgan fingerprint density at radius 2 is 1.27 bits per heavy atom. The molecule has 0 N–H and O–H groups in total. The highest BCUT2D eigenvalue weighted by molar-refractivity contribution is 5.91. The van der Waals surface area contributed by atoms with Gasteiger partial charge in [0.1, 0.15) is 0 Å². The number of benzene rings is 4. The molecule has 44 heavy (non-hydrogen) atoms. The van der Waals surface area contributed by atoms with Crippen LogP contribution in [0.2, 0.25) is 0 Å². The first kappa shape index (κ1) is 24.9. The Kier molecular flexibility index (Phi) is 5.63. The van der Waals surface area contributed by atoms with E-state index in [0.717, 1.165) is 28.2 Å². The SMILES string of the molecule is C1=CC2C3C(=C1)C=c1c(c4ccccc4n1-c1cc(-c4ccccc4)nc(-c4ccccc4)c1)=C3C=CN2c1ccccc1. The van der Waals surface area contributed by atoms with Crippen molar-refractivity contribution in [2.24, 2.45) is 5.92 Å². The zero-order chi connectivity index (χ0) is 29.0. The largest absolute Gasteiger partial charge is 0.340 e. The summed E-state index contributed by atoms with van der Waals surface area (Å²) in [4.78, 5) is 7.58. The number of hydrogen-bond donors (Lipinski definition) is 0. The summed E-state index contributed by atoms with van der Waals surface area (Å²) in [5.74, 6) is 0.258. The Bertz CT molecular complexity index is 2220. The van der Waals surface area contributed by atoms with Gasteiger partial charge in [0.25, 0.3) is 0 Å². The minimum Gasteiger partial charge on any atom is -0.340 e. The Morgan fingerprint density at radius 3 is 1.98 bits per heavy atom. The van der Waals surface area contributed by atoms with Crippen molar-refractivity contribution in [2.45, 2.75) is 6.04 Å². The van der Waals surface area contributed by atoms with Crippen molar-refractivity contribution < 1.29 is 0 Å². The van der Waals surface area contributed by atoms with Crippen LogP contribution >= 0.6 is 0 Å². The molecule has 2 atom stereocenters. The topological polar surface area (TPSA) is 21.1 Å². The molecule has 0 spiro atoms. The standard InChI is InChI=1S/C41H29N3/c1-4-13-28(14-5-1)35-26-32(27-36(42-35)29-15-6-2-7-16-29)44-37-21-11-10-20-33(37)41-34-23-24-43(31-18-8-3-9-19-31)38-22-12-17-30(40(34)38)25-39(41)44/h1-27,38,40H. The van der Waals surface area contributed by atoms with Gasteiger partial charge < -0.3 is 9.47 Å². The van der Waals surface area contributed by atoms with Crippen molar-refractivity contribution in [3.05, 3.63) is 174 Å². The van der Waals surface area contributed by atoms with E-state index in [4.69, 9.17) is 4.98 Å². The minimum atomic E-state index is 0.221. The number of rotatable bonds is 4. The van der Waals surface area contributed by atoms with E-state index in [9.17, 15) is 0 Å². The number of pyridine rings is 1. The summed E-state index contributed by atoms with van der Waals surface area (Å²) in [6.45, 7) is 0. The van der Waals surface area contributed by atoms with Gasteiger partial charge in [-0.3, -0.25) is 0 Å². The number of anilines is 1. The molecule has 0 saturated carbocycles. The van der Waals surface area contributed by atoms with Gasteiger partial charge in [-0.1, -0.05) is 115 Å². The highest BCUT2D eigenvalue weighted by atomic mass is 15.2. The molecule has 208 valence electrons. The van der Waals surface area contributed by atoms with Gasteiger partial charge in [-0.25, -0.2) is 4.98 Å². The van der Waals surface area contributed by atoms with Gasteiger partial charge in [-0.2, -0.15) is 0 Å². The van der Waals surface area contributed by atoms with E-state index in [1.54, 1.807) is 0 Å². The summed E-state index contributed by atoms with van der Waals surface area (Å²) < 4.78 is 2.44. The highest BCUT2D eigenvalue weighted by Gasteiger charge is 2.36. The summed E-state index contributed by atoms with van der Waals surface area (Å²) >= 11 is 0. The third kappa shape index (κ3) is 3.86. The molecular formula is C41H29N3. The average molecular weight is 564 g/mol. The molecule has 3 aliphatic rings. The van der Waals surface area contributed by atoms with Crippen LogP contribution in [0.4, 0.5) is 5.69 Å². The van der Waals surface area contributed by atoms with E-state index in [-0.39, 0.29) is 12.0 Å². The van der Waals surface area contributed by atoms with E-state index >= 15 is 0 Å². The average Bonchev–Trinajstić information content (AvgIpc) is 3.43. The normalized spacial score (nSPS) is 18.0. The minimum absolute atomic E-state index is 0.221. The molecule has 0 bridgehead atoms. The molecule has 2 aromatic heterocycles. The van der Waals surface area contributed by atoms with Crippen LogP contribution < -0.4 is 15.5 Å². The lowest BCUT2D eigenvalue weighted by molar-refractivity contribution is 0.641. The van der Waals surface area contributed by atoms with E-state index in [0.29, 0.717) is 0 Å². The first-order valence-corrected chi connectivity index (χ1v) is 15.2. The van der Waals surface area contributed by atoms with Gasteiger partial charge in [0.05, 0.1) is 34.0 Å². The quantitative estimate of drug-likeness (QED) is 0.218. The summed E-state index contributed by atoms with van der Waals surface area (Å²) in [7, 11) is 0. The predicted octanol–water partition coefficient (Wildman–Crippen LogP) is 7.82. The smallest absolute Gasteiger partial charge is 0.0730 e. The third-order valence-corrected chi connectivity index (χ3v) is 9.13. The van der Waals surface area contributed by atoms with E-state index in [1.807, 2.05) is 0 Å². The van der Waals surface area contributed by atoms with Crippen molar-refractivity contribution >= 4 is 28.2 Å². The molecule has 0 saturated heterocycles. The molecule has 3 heterocycles. The second-order valence-electron chi connectivity index (χ2n) is 11.6. The van der Waals surface area contributed by atoms with Crippen LogP contribution in [-0.4, -0.2) is 15.6 Å². The first-order valence-electron chi connectivity index (χ1n) is 15.2. The van der Waals surface area contributed by atoms with Crippen LogP contribution in [0.5, 0.6) is 0 Å². The third-order valence-electron chi connectivity index (χ3n) is 9.13. The van der Waals surface area contributed by atoms with Gasteiger partial charge >= 0.3 is 0 Å². The lowest BCUT2D eigenvalue weighted by Crippen LogP contribution is -2.46. The fourth-order valence-corrected chi connectivity index (χ4v) is 7.20. The number of allylic oxidation sites excluding steroid dienone is 3. The van der Waals surface area contributed by atoms with Crippen LogP contribution in [-0.2, 0) is 0 Å². The molecule has 0 radical (unpaired) electrons. The van der Waals surface area contributed by atoms with Gasteiger partial charge in [0.15, 0.2) is 0 Å². The maximum absolute atomic E-state index is 5.16. The predicted molar refractivity (Wildman–Crippen MR) is 182 cm³/mol. The van der Waals surface area contributed by atoms with Gasteiger partial charge in [0.2, 0.25) is 0 Å². The fourth-order valence-electron chi connectivity index (χ4n) is 7.20. The fraction of sp³-hybridized carbons (Fsp3) is 0.0488. The lowest BCUT2D eigenvalue weighted by Gasteiger charge is -2.41. The molecule has 3 heteroatoms. The number of fused-ring (bicyclic) bond motifs is 3. The monoisotopic (exact) mass is 563 g/mol. The second kappa shape index (κ2) is 9.96. The zero-order valence-electron chi connectivity index (χ0n) is 24.1. The molecule has 0 fully saturated rings. The molecule has 4 aromatic carbocycles. The molecule has 3 nitrogen and oxygen atoms in total. The van der Waals surface area contributed by atoms with Crippen LogP contribution in [0.15, 0.2) is 163 Å². The van der Waals surface area contributed by atoms with Crippen molar-refractivity contribution in [2.75, 3.05) is 4.90 Å². The number of hydrogen-bond acceptors (Lipinski definition) is 2. The molecular weight excluding hydrogens is 534 g/mol. The number of nitrogens with zero attached hydrogens (tertiary/aromatic N) is 3. The summed E-state index contributed by atoms with van der Waals surface area (Å²) in [6.07, 6.45) is 13.9. The van der Waals surface area contributed by atoms with Crippen molar-refractivity contribution in [3.8, 4) is 28.2 Å². The first-order chi connectivity index (χ1) is 21.8. The highest BCUT2D eigenvalue weighted by Crippen LogP contribution is 2.40. The number of aromatic nitrogens is 2. The maximum atomic E-state index is 5.16. The van der Waals surface area contributed by atoms with E-state index in [1.165, 1.54) is 38.3 Å². The van der Waals surface area contributed by atoms with Crippen LogP contribution in [0.1, 0.15) is 0 Å². The van der Waals surface area contributed by atoms with Crippen LogP contribution in [0.3, 0.4) is 0 Å². The summed E-state index contributed by atoms with van der Waals surface area (Å²) in [6, 6.07) is 45.3. The Labute approximate surface area is 256 Å². The van der Waals surface area contributed by atoms with E-state index < -0.39 is 0 Å². The summed E-state index contributed by atoms with van der Waals surface area (Å²) in [5.41, 5.74) is 10.4. The molecule has 0 amide bonds. The van der Waals surface area contributed by atoms with Crippen molar-refractivity contribution in [1.29, 1.82) is 0 Å². The Hall–Kier alpha value is -5.67. The van der Waals surface area contributed by atoms with Crippen molar-refractivity contribution in [1.82, 2.24) is 9.55 Å². The van der Waals surface area contributed by atoms with Gasteiger partial charge in [-0.15, -0.1) is 0 Å². The van der Waals surface area contributed by atoms with Crippen LogP contribution in [0.25, 0.3) is 50.8 Å². The molecule has 1 aliphatic heterocycles. The molecule has 2 aliphatic carbocycles. The Morgan fingerprint density at radius 1 is 0.636 bits per heavy atom. The lowest BCUT2D eigenvalue weighted by atomic mass is 9.75. The molecule has 9 rings (SSSR count). The molecule has 6 aromatic rings. The second-order valence-corrected chi connectivity index (χ2v) is 11.6. The van der Waals surface area contributed by atoms with Crippen molar-refractivity contribution in [3.63, 3.8) is 0 Å². The summed E-state index contributed by atoms with van der Waals surface area (Å²) in [5, 5.41) is 3.82. The van der Waals surface area contributed by atoms with Gasteiger partial charge in [-0.05, 0) is 53.6 Å². The molecule has 2 unspecified atom stereocenters. The van der Waals surface area contributed by atoms with Gasteiger partial charge in [0, 0.05) is 39.5 Å². The van der Waals surface area contributed by atoms with Crippen LogP contribution in [0, 0.1) is 5.92 Å². The maximum Gasteiger partial charge on any atom is 0.0730 e. The number of para-hydroxylation sites is 2. The van der Waals surface area contributed by atoms with E-state index in [2.05, 4.69) is 173 Å². The zero-order valence-corrected chi connectivity index (χ0v) is 24.1.